The van der Waals surface area contributed by atoms with Gasteiger partial charge in [-0.15, -0.1) is 0 Å². The molecule has 1 aromatic heterocycles. The Morgan fingerprint density at radius 2 is 1.64 bits per heavy atom. The van der Waals surface area contributed by atoms with Crippen LogP contribution in [-0.4, -0.2) is 15.0 Å². The summed E-state index contributed by atoms with van der Waals surface area (Å²) in [5, 5.41) is 3.44. The van der Waals surface area contributed by atoms with Gasteiger partial charge in [0.2, 0.25) is 5.91 Å². The number of amides is 1. The van der Waals surface area contributed by atoms with E-state index in [1.165, 1.54) is 9.13 Å². The fraction of sp³-hybridized carbons (Fsp3) is 0.318. The van der Waals surface area contributed by atoms with Crippen LogP contribution in [-0.2, 0) is 11.3 Å². The van der Waals surface area contributed by atoms with Gasteiger partial charge in [-0.25, -0.2) is 4.79 Å². The molecule has 0 fully saturated rings. The lowest BCUT2D eigenvalue weighted by Crippen LogP contribution is -2.45. The molecule has 1 N–H and O–H groups in total. The number of aromatic nitrogens is 2. The average molecular weight is 379 g/mol. The van der Waals surface area contributed by atoms with Gasteiger partial charge in [-0.3, -0.25) is 18.7 Å². The highest BCUT2D eigenvalue weighted by Crippen LogP contribution is 2.19. The molecule has 0 radical (unpaired) electrons. The molecular formula is C22H25N3O3. The number of carbonyl (C=O) groups is 1. The van der Waals surface area contributed by atoms with E-state index in [4.69, 9.17) is 0 Å². The van der Waals surface area contributed by atoms with Crippen LogP contribution in [0.5, 0.6) is 0 Å². The van der Waals surface area contributed by atoms with Crippen LogP contribution < -0.4 is 16.6 Å². The Kier molecular flexibility index (Phi) is 5.78. The summed E-state index contributed by atoms with van der Waals surface area (Å²) in [6.07, 6.45) is 0.430. The highest BCUT2D eigenvalue weighted by atomic mass is 16.2. The summed E-state index contributed by atoms with van der Waals surface area (Å²) in [5.74, 6) is -0.243. The Bertz CT molecular complexity index is 1100. The topological polar surface area (TPSA) is 73.1 Å². The van der Waals surface area contributed by atoms with Crippen molar-refractivity contribution in [3.63, 3.8) is 0 Å². The third-order valence-corrected chi connectivity index (χ3v) is 5.05. The van der Waals surface area contributed by atoms with Crippen LogP contribution in [0.3, 0.4) is 0 Å². The molecule has 0 bridgehead atoms. The largest absolute Gasteiger partial charge is 0.348 e. The van der Waals surface area contributed by atoms with E-state index >= 15 is 0 Å². The molecule has 0 spiro atoms. The monoisotopic (exact) mass is 379 g/mol. The number of benzene rings is 2. The van der Waals surface area contributed by atoms with Crippen LogP contribution in [0.15, 0.2) is 64.2 Å². The number of hydrogen-bond acceptors (Lipinski definition) is 3. The standard InChI is InChI=1S/C22H25N3O3/c1-4-18(20(26)23-15(3)16-11-7-6-8-12-16)25-19-14-10-9-13-17(19)21(27)24(5-2)22(25)28/h6-15,18H,4-5H2,1-3H3,(H,23,26)/t15-,18-/m1/s1. The molecule has 6 nitrogen and oxygen atoms in total. The molecule has 1 heterocycles. The van der Waals surface area contributed by atoms with Crippen LogP contribution in [0.2, 0.25) is 0 Å². The zero-order chi connectivity index (χ0) is 20.3. The summed E-state index contributed by atoms with van der Waals surface area (Å²) in [4.78, 5) is 38.7. The normalized spacial score (nSPS) is 13.2. The first-order chi connectivity index (χ1) is 13.5. The van der Waals surface area contributed by atoms with E-state index in [1.807, 2.05) is 44.2 Å². The highest BCUT2D eigenvalue weighted by molar-refractivity contribution is 5.84. The molecule has 0 saturated heterocycles. The Hall–Kier alpha value is -3.15. The molecule has 3 rings (SSSR count). The third kappa shape index (κ3) is 3.50. The molecular weight excluding hydrogens is 354 g/mol. The summed E-state index contributed by atoms with van der Waals surface area (Å²) < 4.78 is 2.63. The van der Waals surface area contributed by atoms with Crippen molar-refractivity contribution in [2.75, 3.05) is 0 Å². The van der Waals surface area contributed by atoms with Gasteiger partial charge >= 0.3 is 5.69 Å². The molecule has 2 aromatic carbocycles. The lowest BCUT2D eigenvalue weighted by molar-refractivity contribution is -0.125. The minimum Gasteiger partial charge on any atom is -0.348 e. The predicted octanol–water partition coefficient (Wildman–Crippen LogP) is 3.01. The smallest absolute Gasteiger partial charge is 0.332 e. The number of nitrogens with zero attached hydrogens (tertiary/aromatic N) is 2. The number of para-hydroxylation sites is 1. The molecule has 6 heteroatoms. The minimum atomic E-state index is -0.707. The summed E-state index contributed by atoms with van der Waals surface area (Å²) in [7, 11) is 0. The molecule has 0 unspecified atom stereocenters. The van der Waals surface area contributed by atoms with Crippen molar-refractivity contribution in [1.29, 1.82) is 0 Å². The lowest BCUT2D eigenvalue weighted by atomic mass is 10.1. The highest BCUT2D eigenvalue weighted by Gasteiger charge is 2.25. The molecule has 3 aromatic rings. The van der Waals surface area contributed by atoms with Crippen LogP contribution in [0.1, 0.15) is 44.8 Å². The molecule has 0 aliphatic carbocycles. The quantitative estimate of drug-likeness (QED) is 0.715. The van der Waals surface area contributed by atoms with Crippen LogP contribution >= 0.6 is 0 Å². The second-order valence-electron chi connectivity index (χ2n) is 6.78. The summed E-state index contributed by atoms with van der Waals surface area (Å²) >= 11 is 0. The van der Waals surface area contributed by atoms with Gasteiger partial charge in [0, 0.05) is 6.54 Å². The maximum Gasteiger partial charge on any atom is 0.332 e. The van der Waals surface area contributed by atoms with E-state index in [2.05, 4.69) is 5.32 Å². The molecule has 0 aliphatic rings. The van der Waals surface area contributed by atoms with E-state index in [1.54, 1.807) is 31.2 Å². The van der Waals surface area contributed by atoms with Gasteiger partial charge in [0.25, 0.3) is 5.56 Å². The molecule has 0 aliphatic heterocycles. The van der Waals surface area contributed by atoms with E-state index in [0.29, 0.717) is 17.3 Å². The molecule has 1 amide bonds. The first-order valence-corrected chi connectivity index (χ1v) is 9.59. The van der Waals surface area contributed by atoms with Crippen LogP contribution in [0.4, 0.5) is 0 Å². The van der Waals surface area contributed by atoms with Crippen molar-refractivity contribution in [3.8, 4) is 0 Å². The third-order valence-electron chi connectivity index (χ3n) is 5.05. The number of carbonyl (C=O) groups excluding carboxylic acids is 1. The van der Waals surface area contributed by atoms with Crippen molar-refractivity contribution in [1.82, 2.24) is 14.5 Å². The van der Waals surface area contributed by atoms with Gasteiger partial charge in [-0.2, -0.15) is 0 Å². The fourth-order valence-electron chi connectivity index (χ4n) is 3.53. The fourth-order valence-corrected chi connectivity index (χ4v) is 3.53. The second kappa shape index (κ2) is 8.25. The van der Waals surface area contributed by atoms with Gasteiger partial charge in [0.05, 0.1) is 16.9 Å². The van der Waals surface area contributed by atoms with Crippen LogP contribution in [0, 0.1) is 0 Å². The summed E-state index contributed by atoms with van der Waals surface area (Å²) in [6, 6.07) is 15.7. The SMILES string of the molecule is CC[C@H](C(=O)N[C@H](C)c1ccccc1)n1c(=O)n(CC)c(=O)c2ccccc21. The number of hydrogen-bond donors (Lipinski definition) is 1. The van der Waals surface area contributed by atoms with E-state index in [-0.39, 0.29) is 24.1 Å². The second-order valence-corrected chi connectivity index (χ2v) is 6.78. The molecule has 146 valence electrons. The van der Waals surface area contributed by atoms with E-state index < -0.39 is 11.7 Å². The van der Waals surface area contributed by atoms with Crippen molar-refractivity contribution >= 4 is 16.8 Å². The van der Waals surface area contributed by atoms with E-state index in [9.17, 15) is 14.4 Å². The van der Waals surface area contributed by atoms with Gasteiger partial charge in [0.1, 0.15) is 6.04 Å². The van der Waals surface area contributed by atoms with Crippen molar-refractivity contribution < 1.29 is 4.79 Å². The maximum atomic E-state index is 13.1. The molecule has 0 saturated carbocycles. The van der Waals surface area contributed by atoms with Crippen molar-refractivity contribution in [2.24, 2.45) is 0 Å². The zero-order valence-electron chi connectivity index (χ0n) is 16.4. The Balaban J connectivity index is 2.07. The Morgan fingerprint density at radius 1 is 1.00 bits per heavy atom. The first kappa shape index (κ1) is 19.6. The number of fused-ring (bicyclic) bond motifs is 1. The van der Waals surface area contributed by atoms with Gasteiger partial charge < -0.3 is 5.32 Å². The molecule has 28 heavy (non-hydrogen) atoms. The van der Waals surface area contributed by atoms with Gasteiger partial charge in [0.15, 0.2) is 0 Å². The zero-order valence-corrected chi connectivity index (χ0v) is 16.4. The Labute approximate surface area is 163 Å². The van der Waals surface area contributed by atoms with Gasteiger partial charge in [-0.05, 0) is 38.0 Å². The average Bonchev–Trinajstić information content (AvgIpc) is 2.72. The van der Waals surface area contributed by atoms with Crippen molar-refractivity contribution in [3.05, 3.63) is 81.0 Å². The van der Waals surface area contributed by atoms with E-state index in [0.717, 1.165) is 5.56 Å². The number of nitrogens with one attached hydrogen (secondary N) is 1. The Morgan fingerprint density at radius 3 is 2.29 bits per heavy atom. The maximum absolute atomic E-state index is 13.1. The first-order valence-electron chi connectivity index (χ1n) is 9.59. The summed E-state index contributed by atoms with van der Waals surface area (Å²) in [6.45, 7) is 5.77. The number of rotatable bonds is 6. The lowest BCUT2D eigenvalue weighted by Gasteiger charge is -2.23. The van der Waals surface area contributed by atoms with Crippen LogP contribution in [0.25, 0.3) is 10.9 Å². The molecule has 2 atom stereocenters. The van der Waals surface area contributed by atoms with Crippen molar-refractivity contribution in [2.45, 2.75) is 45.8 Å². The summed E-state index contributed by atoms with van der Waals surface area (Å²) in [5.41, 5.74) is 0.686. The predicted molar refractivity (Wildman–Crippen MR) is 110 cm³/mol. The van der Waals surface area contributed by atoms with Gasteiger partial charge in [-0.1, -0.05) is 49.4 Å². The minimum absolute atomic E-state index is 0.193.